The van der Waals surface area contributed by atoms with E-state index in [0.29, 0.717) is 0 Å². The van der Waals surface area contributed by atoms with Gasteiger partial charge in [0.2, 0.25) is 0 Å². The summed E-state index contributed by atoms with van der Waals surface area (Å²) < 4.78 is 0. The van der Waals surface area contributed by atoms with Crippen molar-refractivity contribution in [1.82, 2.24) is 0 Å². The molecule has 0 bridgehead atoms. The molecule has 0 saturated heterocycles. The average molecular weight is 96.2 g/mol. The van der Waals surface area contributed by atoms with Crippen molar-refractivity contribution in [1.29, 1.82) is 0 Å². The molecule has 0 rings (SSSR count). The van der Waals surface area contributed by atoms with Crippen molar-refractivity contribution in [2.24, 2.45) is 5.41 Å². The van der Waals surface area contributed by atoms with E-state index in [1.54, 1.807) is 0 Å². The summed E-state index contributed by atoms with van der Waals surface area (Å²) in [6, 6.07) is 0. The molecule has 40 valence electrons. The van der Waals surface area contributed by atoms with Crippen LogP contribution in [0.2, 0.25) is 0 Å². The number of rotatable bonds is 2. The second-order valence-electron chi connectivity index (χ2n) is 2.23. The first-order chi connectivity index (χ1) is 3.12. The second kappa shape index (κ2) is 1.97. The Morgan fingerprint density at radius 3 is 1.43 bits per heavy atom. The Balaban J connectivity index is 3.82. The maximum atomic E-state index is 3.63. The third kappa shape index (κ3) is 2.21. The van der Waals surface area contributed by atoms with Crippen LogP contribution in [-0.4, -0.2) is 0 Å². The van der Waals surface area contributed by atoms with E-state index in [2.05, 4.69) is 27.0 Å². The molecular weight excluding hydrogens is 84.1 g/mol. The van der Waals surface area contributed by atoms with Gasteiger partial charge in [0.25, 0.3) is 0 Å². The van der Waals surface area contributed by atoms with Gasteiger partial charge in [-0.05, 0) is 5.41 Å². The van der Waals surface area contributed by atoms with Crippen molar-refractivity contribution in [3.63, 3.8) is 0 Å². The number of hydrogen-bond acceptors (Lipinski definition) is 0. The third-order valence-corrected chi connectivity index (χ3v) is 1.05. The minimum absolute atomic E-state index is 0.111. The van der Waals surface area contributed by atoms with Gasteiger partial charge in [-0.3, -0.25) is 0 Å². The Morgan fingerprint density at radius 2 is 1.43 bits per heavy atom. The van der Waals surface area contributed by atoms with E-state index < -0.39 is 0 Å². The number of hydrogen-bond donors (Lipinski definition) is 0. The highest BCUT2D eigenvalue weighted by Gasteiger charge is 2.03. The van der Waals surface area contributed by atoms with Gasteiger partial charge in [-0.25, -0.2) is 0 Å². The molecule has 0 aliphatic rings. The van der Waals surface area contributed by atoms with E-state index in [1.165, 1.54) is 0 Å². The van der Waals surface area contributed by atoms with Gasteiger partial charge in [0.15, 0.2) is 0 Å². The van der Waals surface area contributed by atoms with Crippen LogP contribution in [0.4, 0.5) is 0 Å². The standard InChI is InChI=1S/C7H12/c1-5-7(3,4)6-2/h5-6H,1-2H2,3-4H3. The van der Waals surface area contributed by atoms with E-state index >= 15 is 0 Å². The minimum atomic E-state index is 0.111. The third-order valence-electron chi connectivity index (χ3n) is 1.05. The Labute approximate surface area is 45.5 Å². The van der Waals surface area contributed by atoms with Crippen LogP contribution in [-0.2, 0) is 0 Å². The molecule has 0 unspecified atom stereocenters. The van der Waals surface area contributed by atoms with E-state index in [4.69, 9.17) is 0 Å². The molecule has 0 aliphatic heterocycles. The Hall–Kier alpha value is -0.520. The first-order valence-electron chi connectivity index (χ1n) is 2.39. The van der Waals surface area contributed by atoms with Gasteiger partial charge in [-0.2, -0.15) is 0 Å². The zero-order valence-electron chi connectivity index (χ0n) is 5.07. The van der Waals surface area contributed by atoms with Crippen molar-refractivity contribution in [3.05, 3.63) is 25.3 Å². The summed E-state index contributed by atoms with van der Waals surface area (Å²) in [7, 11) is 0. The number of allylic oxidation sites excluding steroid dienone is 2. The molecule has 7 heavy (non-hydrogen) atoms. The molecule has 0 aliphatic carbocycles. The van der Waals surface area contributed by atoms with Crippen LogP contribution in [0.3, 0.4) is 0 Å². The van der Waals surface area contributed by atoms with Gasteiger partial charge in [0.1, 0.15) is 0 Å². The molecule has 0 heterocycles. The topological polar surface area (TPSA) is 0 Å². The monoisotopic (exact) mass is 96.1 g/mol. The fourth-order valence-electron chi connectivity index (χ4n) is 0.0833. The van der Waals surface area contributed by atoms with Gasteiger partial charge in [-0.1, -0.05) is 26.0 Å². The SMILES string of the molecule is C=CC(C)(C)C=C. The molecule has 0 radical (unpaired) electrons. The largest absolute Gasteiger partial charge is 0.102 e. The predicted octanol–water partition coefficient (Wildman–Crippen LogP) is 2.38. The zero-order valence-corrected chi connectivity index (χ0v) is 5.07. The fraction of sp³-hybridized carbons (Fsp3) is 0.429. The Bertz CT molecular complexity index is 68.0. The molecule has 0 spiro atoms. The van der Waals surface area contributed by atoms with E-state index in [-0.39, 0.29) is 5.41 Å². The molecule has 0 aromatic heterocycles. The minimum Gasteiger partial charge on any atom is -0.102 e. The summed E-state index contributed by atoms with van der Waals surface area (Å²) in [6.45, 7) is 11.4. The molecule has 0 heteroatoms. The van der Waals surface area contributed by atoms with Gasteiger partial charge < -0.3 is 0 Å². The summed E-state index contributed by atoms with van der Waals surface area (Å²) in [5, 5.41) is 0. The lowest BCUT2D eigenvalue weighted by Gasteiger charge is -2.10. The lowest BCUT2D eigenvalue weighted by atomic mass is 9.95. The Morgan fingerprint density at radius 1 is 1.14 bits per heavy atom. The van der Waals surface area contributed by atoms with Crippen LogP contribution in [0.1, 0.15) is 13.8 Å². The van der Waals surface area contributed by atoms with Crippen LogP contribution in [0.25, 0.3) is 0 Å². The average Bonchev–Trinajstić information content (AvgIpc) is 1.68. The molecule has 0 nitrogen and oxygen atoms in total. The Kier molecular flexibility index (Phi) is 1.82. The lowest BCUT2D eigenvalue weighted by Crippen LogP contribution is -1.99. The summed E-state index contributed by atoms with van der Waals surface area (Å²) in [4.78, 5) is 0. The van der Waals surface area contributed by atoms with Gasteiger partial charge in [0.05, 0.1) is 0 Å². The fourth-order valence-corrected chi connectivity index (χ4v) is 0.0833. The van der Waals surface area contributed by atoms with Crippen molar-refractivity contribution in [2.45, 2.75) is 13.8 Å². The molecular formula is C7H12. The molecule has 0 fully saturated rings. The van der Waals surface area contributed by atoms with Gasteiger partial charge >= 0.3 is 0 Å². The smallest absolute Gasteiger partial charge is 0.0000946 e. The molecule has 0 N–H and O–H groups in total. The van der Waals surface area contributed by atoms with Crippen molar-refractivity contribution in [2.75, 3.05) is 0 Å². The highest BCUT2D eigenvalue weighted by molar-refractivity contribution is 4.99. The van der Waals surface area contributed by atoms with Crippen LogP contribution in [0.5, 0.6) is 0 Å². The van der Waals surface area contributed by atoms with Crippen molar-refractivity contribution >= 4 is 0 Å². The van der Waals surface area contributed by atoms with E-state index in [0.717, 1.165) is 0 Å². The highest BCUT2D eigenvalue weighted by atomic mass is 14.1. The van der Waals surface area contributed by atoms with Crippen molar-refractivity contribution < 1.29 is 0 Å². The summed E-state index contributed by atoms with van der Waals surface area (Å²) >= 11 is 0. The zero-order chi connectivity index (χ0) is 5.91. The first-order valence-corrected chi connectivity index (χ1v) is 2.39. The van der Waals surface area contributed by atoms with E-state index in [9.17, 15) is 0 Å². The molecule has 0 aromatic carbocycles. The lowest BCUT2D eigenvalue weighted by molar-refractivity contribution is 0.630. The predicted molar refractivity (Wildman–Crippen MR) is 34.2 cm³/mol. The maximum Gasteiger partial charge on any atom is -0.0000946 e. The van der Waals surface area contributed by atoms with E-state index in [1.807, 2.05) is 12.2 Å². The van der Waals surface area contributed by atoms with Crippen LogP contribution in [0, 0.1) is 5.41 Å². The molecule has 0 saturated carbocycles. The molecule has 0 atom stereocenters. The summed E-state index contributed by atoms with van der Waals surface area (Å²) in [6.07, 6.45) is 3.75. The molecule has 0 amide bonds. The normalized spacial score (nSPS) is 10.6. The highest BCUT2D eigenvalue weighted by Crippen LogP contribution is 2.15. The summed E-state index contributed by atoms with van der Waals surface area (Å²) in [5.41, 5.74) is 0.111. The summed E-state index contributed by atoms with van der Waals surface area (Å²) in [5.74, 6) is 0. The first kappa shape index (κ1) is 6.48. The molecule has 0 aromatic rings. The van der Waals surface area contributed by atoms with Crippen molar-refractivity contribution in [3.8, 4) is 0 Å². The van der Waals surface area contributed by atoms with Crippen LogP contribution < -0.4 is 0 Å². The maximum absolute atomic E-state index is 3.63. The quantitative estimate of drug-likeness (QED) is 0.463. The van der Waals surface area contributed by atoms with Gasteiger partial charge in [0, 0.05) is 0 Å². The second-order valence-corrected chi connectivity index (χ2v) is 2.23. The van der Waals surface area contributed by atoms with Crippen LogP contribution >= 0.6 is 0 Å². The van der Waals surface area contributed by atoms with Crippen LogP contribution in [0.15, 0.2) is 25.3 Å². The van der Waals surface area contributed by atoms with Gasteiger partial charge in [-0.15, -0.1) is 13.2 Å².